The molecule has 0 spiro atoms. The van der Waals surface area contributed by atoms with E-state index in [1.165, 1.54) is 11.6 Å². The number of aryl methyl sites for hydroxylation is 1. The van der Waals surface area contributed by atoms with E-state index in [4.69, 9.17) is 0 Å². The fraction of sp³-hybridized carbons (Fsp3) is 0.542. The highest BCUT2D eigenvalue weighted by atomic mass is 79.9. The number of hydrogen-bond donors (Lipinski definition) is 1. The average molecular weight is 504 g/mol. The lowest BCUT2D eigenvalue weighted by atomic mass is 9.96. The van der Waals surface area contributed by atoms with E-state index in [2.05, 4.69) is 43.0 Å². The maximum Gasteiger partial charge on any atom is 0.231 e. The fourth-order valence-corrected chi connectivity index (χ4v) is 5.04. The molecule has 0 saturated carbocycles. The first kappa shape index (κ1) is 23.1. The van der Waals surface area contributed by atoms with Gasteiger partial charge in [-0.3, -0.25) is 4.79 Å². The molecular weight excluding hydrogens is 473 g/mol. The van der Waals surface area contributed by atoms with Crippen molar-refractivity contribution in [3.8, 4) is 0 Å². The molecule has 2 aliphatic rings. The predicted molar refractivity (Wildman–Crippen MR) is 128 cm³/mol. The van der Waals surface area contributed by atoms with Gasteiger partial charge in [0.1, 0.15) is 18.0 Å². The van der Waals surface area contributed by atoms with Gasteiger partial charge in [-0.2, -0.15) is 0 Å². The van der Waals surface area contributed by atoms with Crippen molar-refractivity contribution in [2.24, 2.45) is 0 Å². The van der Waals surface area contributed by atoms with Gasteiger partial charge in [-0.15, -0.1) is 0 Å². The van der Waals surface area contributed by atoms with Crippen LogP contribution < -0.4 is 10.2 Å². The van der Waals surface area contributed by atoms with Crippen LogP contribution in [-0.2, 0) is 11.2 Å². The van der Waals surface area contributed by atoms with Crippen LogP contribution in [0.3, 0.4) is 0 Å². The monoisotopic (exact) mass is 503 g/mol. The van der Waals surface area contributed by atoms with E-state index in [1.54, 1.807) is 18.5 Å². The number of anilines is 1. The third kappa shape index (κ3) is 4.81. The Bertz CT molecular complexity index is 977. The van der Waals surface area contributed by atoms with E-state index >= 15 is 0 Å². The van der Waals surface area contributed by atoms with Crippen LogP contribution in [0.25, 0.3) is 0 Å². The van der Waals surface area contributed by atoms with Crippen molar-refractivity contribution in [3.63, 3.8) is 0 Å². The number of aromatic nitrogens is 2. The number of nitrogens with zero attached hydrogens (tertiary/aromatic N) is 4. The topological polar surface area (TPSA) is 61.4 Å². The average Bonchev–Trinajstić information content (AvgIpc) is 3.16. The van der Waals surface area contributed by atoms with E-state index < -0.39 is 5.92 Å². The molecule has 1 fully saturated rings. The van der Waals surface area contributed by atoms with Gasteiger partial charge in [0.25, 0.3) is 0 Å². The summed E-state index contributed by atoms with van der Waals surface area (Å²) in [5.74, 6) is 0.546. The molecule has 4 rings (SSSR count). The molecule has 1 N–H and O–H groups in total. The molecule has 1 amide bonds. The predicted octanol–water partition coefficient (Wildman–Crippen LogP) is 3.86. The molecule has 1 saturated heterocycles. The Kier molecular flexibility index (Phi) is 7.10. The number of fused-ring (bicyclic) bond motifs is 1. The van der Waals surface area contributed by atoms with Gasteiger partial charge in [0, 0.05) is 60.1 Å². The van der Waals surface area contributed by atoms with Crippen LogP contribution in [0.15, 0.2) is 29.0 Å². The molecule has 0 radical (unpaired) electrons. The Hall–Kier alpha value is -2.06. The summed E-state index contributed by atoms with van der Waals surface area (Å²) in [6.07, 6.45) is 3.78. The van der Waals surface area contributed by atoms with Crippen LogP contribution in [0.4, 0.5) is 10.2 Å². The lowest BCUT2D eigenvalue weighted by Gasteiger charge is -2.38. The molecule has 1 aliphatic heterocycles. The number of rotatable bonds is 6. The zero-order valence-electron chi connectivity index (χ0n) is 18.9. The number of nitrogens with one attached hydrogen (secondary N) is 1. The molecular formula is C24H31BrFN5O. The fourth-order valence-electron chi connectivity index (χ4n) is 4.70. The van der Waals surface area contributed by atoms with Crippen LogP contribution in [0, 0.1) is 5.82 Å². The lowest BCUT2D eigenvalue weighted by Crippen LogP contribution is -2.51. The van der Waals surface area contributed by atoms with Crippen molar-refractivity contribution >= 4 is 27.7 Å². The minimum absolute atomic E-state index is 0.0275. The van der Waals surface area contributed by atoms with Crippen molar-refractivity contribution in [2.45, 2.75) is 51.5 Å². The van der Waals surface area contributed by atoms with Crippen molar-refractivity contribution in [2.75, 3.05) is 37.6 Å². The van der Waals surface area contributed by atoms with E-state index in [0.29, 0.717) is 35.6 Å². The van der Waals surface area contributed by atoms with Gasteiger partial charge in [-0.1, -0.05) is 42.8 Å². The summed E-state index contributed by atoms with van der Waals surface area (Å²) in [7, 11) is 0. The van der Waals surface area contributed by atoms with Crippen molar-refractivity contribution in [3.05, 3.63) is 51.6 Å². The second kappa shape index (κ2) is 9.83. The second-order valence-electron chi connectivity index (χ2n) is 9.09. The Morgan fingerprint density at radius 1 is 1.25 bits per heavy atom. The molecule has 2 aromatic rings. The molecule has 1 aromatic heterocycles. The van der Waals surface area contributed by atoms with Gasteiger partial charge < -0.3 is 15.1 Å². The van der Waals surface area contributed by atoms with E-state index in [9.17, 15) is 9.18 Å². The highest BCUT2D eigenvalue weighted by Crippen LogP contribution is 2.37. The van der Waals surface area contributed by atoms with Crippen LogP contribution >= 0.6 is 15.9 Å². The number of carbonyl (C=O) groups excluding carboxylic acids is 1. The number of benzene rings is 1. The molecule has 1 aliphatic carbocycles. The molecule has 1 unspecified atom stereocenters. The second-order valence-corrected chi connectivity index (χ2v) is 10.0. The van der Waals surface area contributed by atoms with Crippen molar-refractivity contribution in [1.29, 1.82) is 0 Å². The number of hydrogen-bond acceptors (Lipinski definition) is 5. The Labute approximate surface area is 197 Å². The Balaban J connectivity index is 1.49. The summed E-state index contributed by atoms with van der Waals surface area (Å²) in [5.41, 5.74) is 2.87. The van der Waals surface area contributed by atoms with Crippen molar-refractivity contribution < 1.29 is 9.18 Å². The maximum absolute atomic E-state index is 14.7. The first-order chi connectivity index (χ1) is 15.3. The summed E-state index contributed by atoms with van der Waals surface area (Å²) in [5, 5.41) is 3.32. The van der Waals surface area contributed by atoms with Crippen molar-refractivity contribution in [1.82, 2.24) is 20.2 Å². The van der Waals surface area contributed by atoms with Crippen LogP contribution in [0.2, 0.25) is 0 Å². The minimum atomic E-state index is -0.555. The number of amides is 1. The molecule has 172 valence electrons. The summed E-state index contributed by atoms with van der Waals surface area (Å²) in [6, 6.07) is 5.15. The van der Waals surface area contributed by atoms with Gasteiger partial charge in [0.05, 0.1) is 5.92 Å². The molecule has 1 aromatic carbocycles. The first-order valence-electron chi connectivity index (χ1n) is 11.4. The molecule has 8 heteroatoms. The standard InChI is InChI=1S/C24H31BrFN5O/c1-15(2)27-13-19(18-6-5-17(25)12-20(18)26)24(32)31-10-8-30(9-11-31)23-22-16(3)4-7-21(22)28-14-29-23/h5-6,12,14-16,19,27H,4,7-11,13H2,1-3H3/t16?,19-/m1/s1. The number of halogens is 2. The molecule has 2 heterocycles. The zero-order valence-corrected chi connectivity index (χ0v) is 20.5. The van der Waals surface area contributed by atoms with E-state index in [0.717, 1.165) is 37.4 Å². The first-order valence-corrected chi connectivity index (χ1v) is 12.2. The normalized spacial score (nSPS) is 19.4. The number of piperazine rings is 1. The van der Waals surface area contributed by atoms with Crippen LogP contribution in [0.5, 0.6) is 0 Å². The minimum Gasteiger partial charge on any atom is -0.353 e. The maximum atomic E-state index is 14.7. The lowest BCUT2D eigenvalue weighted by molar-refractivity contribution is -0.133. The summed E-state index contributed by atoms with van der Waals surface area (Å²) in [4.78, 5) is 26.7. The van der Waals surface area contributed by atoms with Crippen LogP contribution in [-0.4, -0.2) is 59.5 Å². The Morgan fingerprint density at radius 3 is 2.69 bits per heavy atom. The summed E-state index contributed by atoms with van der Waals surface area (Å²) < 4.78 is 15.4. The quantitative estimate of drug-likeness (QED) is 0.648. The van der Waals surface area contributed by atoms with Gasteiger partial charge in [-0.25, -0.2) is 14.4 Å². The third-order valence-electron chi connectivity index (χ3n) is 6.51. The third-order valence-corrected chi connectivity index (χ3v) is 7.00. The van der Waals surface area contributed by atoms with Gasteiger partial charge >= 0.3 is 0 Å². The van der Waals surface area contributed by atoms with Gasteiger partial charge in [-0.05, 0) is 30.9 Å². The largest absolute Gasteiger partial charge is 0.353 e. The SMILES string of the molecule is CC(C)NC[C@@H](C(=O)N1CCN(c2ncnc3c2C(C)CC3)CC1)c1ccc(Br)cc1F. The molecule has 2 atom stereocenters. The smallest absolute Gasteiger partial charge is 0.231 e. The number of carbonyl (C=O) groups is 1. The Morgan fingerprint density at radius 2 is 2.00 bits per heavy atom. The molecule has 32 heavy (non-hydrogen) atoms. The van der Waals surface area contributed by atoms with Crippen LogP contribution in [0.1, 0.15) is 55.8 Å². The summed E-state index contributed by atoms with van der Waals surface area (Å²) >= 11 is 3.31. The van der Waals surface area contributed by atoms with E-state index in [1.807, 2.05) is 18.7 Å². The molecule has 6 nitrogen and oxygen atoms in total. The van der Waals surface area contributed by atoms with E-state index in [-0.39, 0.29) is 17.8 Å². The molecule has 0 bridgehead atoms. The highest BCUT2D eigenvalue weighted by molar-refractivity contribution is 9.10. The zero-order chi connectivity index (χ0) is 22.8. The summed E-state index contributed by atoms with van der Waals surface area (Å²) in [6.45, 7) is 9.33. The van der Waals surface area contributed by atoms with Gasteiger partial charge in [0.15, 0.2) is 0 Å². The highest BCUT2D eigenvalue weighted by Gasteiger charge is 2.33. The van der Waals surface area contributed by atoms with Gasteiger partial charge in [0.2, 0.25) is 5.91 Å².